The highest BCUT2D eigenvalue weighted by atomic mass is 16.6. The quantitative estimate of drug-likeness (QED) is 0.481. The van der Waals surface area contributed by atoms with Crippen LogP contribution in [0, 0.1) is 10.1 Å². The molecule has 0 saturated carbocycles. The van der Waals surface area contributed by atoms with Crippen LogP contribution < -0.4 is 4.74 Å². The lowest BCUT2D eigenvalue weighted by atomic mass is 9.98. The molecule has 0 aliphatic carbocycles. The normalized spacial score (nSPS) is 15.4. The van der Waals surface area contributed by atoms with E-state index in [2.05, 4.69) is 0 Å². The lowest BCUT2D eigenvalue weighted by Crippen LogP contribution is -2.18. The van der Waals surface area contributed by atoms with Crippen molar-refractivity contribution in [3.05, 3.63) is 75.3 Å². The third kappa shape index (κ3) is 2.53. The fraction of sp³-hybridized carbons (Fsp3) is 0.0625. The van der Waals surface area contributed by atoms with Crippen molar-refractivity contribution in [2.45, 2.75) is 0 Å². The smallest absolute Gasteiger partial charge is 0.269 e. The summed E-state index contributed by atoms with van der Waals surface area (Å²) < 4.78 is 5.54. The molecule has 5 heteroatoms. The van der Waals surface area contributed by atoms with E-state index in [9.17, 15) is 14.9 Å². The maximum Gasteiger partial charge on any atom is 0.269 e. The number of ketones is 1. The Morgan fingerprint density at radius 1 is 1.10 bits per heavy atom. The van der Waals surface area contributed by atoms with Gasteiger partial charge in [-0.05, 0) is 35.9 Å². The average Bonchev–Trinajstić information content (AvgIpc) is 2.51. The molecule has 0 spiro atoms. The Morgan fingerprint density at radius 2 is 1.81 bits per heavy atom. The highest BCUT2D eigenvalue weighted by molar-refractivity contribution is 6.14. The summed E-state index contributed by atoms with van der Waals surface area (Å²) in [5, 5.41) is 10.6. The van der Waals surface area contributed by atoms with Gasteiger partial charge in [-0.25, -0.2) is 0 Å². The number of hydrogen-bond acceptors (Lipinski definition) is 4. The van der Waals surface area contributed by atoms with Crippen molar-refractivity contribution in [2.24, 2.45) is 0 Å². The predicted octanol–water partition coefficient (Wildman–Crippen LogP) is 3.25. The zero-order valence-corrected chi connectivity index (χ0v) is 11.0. The number of benzene rings is 2. The lowest BCUT2D eigenvalue weighted by molar-refractivity contribution is -0.384. The number of Topliss-reactive ketones (excluding diaryl/α,β-unsaturated/α-hetero) is 1. The van der Waals surface area contributed by atoms with Gasteiger partial charge in [0.2, 0.25) is 0 Å². The van der Waals surface area contributed by atoms with Crippen molar-refractivity contribution in [1.29, 1.82) is 0 Å². The van der Waals surface area contributed by atoms with Crippen molar-refractivity contribution in [3.63, 3.8) is 0 Å². The minimum atomic E-state index is -0.456. The summed E-state index contributed by atoms with van der Waals surface area (Å²) in [5.41, 5.74) is 1.82. The second-order valence-electron chi connectivity index (χ2n) is 4.63. The van der Waals surface area contributed by atoms with E-state index >= 15 is 0 Å². The molecule has 0 amide bonds. The van der Waals surface area contributed by atoms with E-state index in [1.807, 2.05) is 6.07 Å². The van der Waals surface area contributed by atoms with Crippen LogP contribution in [0.4, 0.5) is 5.69 Å². The summed E-state index contributed by atoms with van der Waals surface area (Å²) in [6.45, 7) is 0.201. The van der Waals surface area contributed by atoms with E-state index in [-0.39, 0.29) is 18.1 Å². The van der Waals surface area contributed by atoms with Crippen LogP contribution in [0.5, 0.6) is 5.75 Å². The monoisotopic (exact) mass is 281 g/mol. The minimum absolute atomic E-state index is 0.0220. The van der Waals surface area contributed by atoms with Crippen LogP contribution in [0.2, 0.25) is 0 Å². The van der Waals surface area contributed by atoms with Gasteiger partial charge in [-0.1, -0.05) is 12.1 Å². The van der Waals surface area contributed by atoms with Crippen molar-refractivity contribution >= 4 is 17.5 Å². The van der Waals surface area contributed by atoms with Crippen LogP contribution in [0.3, 0.4) is 0 Å². The number of hydrogen-bond donors (Lipinski definition) is 0. The lowest BCUT2D eigenvalue weighted by Gasteiger charge is -2.18. The largest absolute Gasteiger partial charge is 0.488 e. The van der Waals surface area contributed by atoms with Gasteiger partial charge in [0.05, 0.1) is 10.5 Å². The number of fused-ring (bicyclic) bond motifs is 1. The third-order valence-electron chi connectivity index (χ3n) is 3.25. The maximum absolute atomic E-state index is 12.3. The first kappa shape index (κ1) is 13.1. The molecule has 0 fully saturated rings. The molecule has 0 saturated heterocycles. The van der Waals surface area contributed by atoms with E-state index < -0.39 is 4.92 Å². The second kappa shape index (κ2) is 5.20. The zero-order valence-electron chi connectivity index (χ0n) is 11.0. The van der Waals surface area contributed by atoms with Crippen LogP contribution in [0.1, 0.15) is 15.9 Å². The summed E-state index contributed by atoms with van der Waals surface area (Å²) in [4.78, 5) is 22.5. The van der Waals surface area contributed by atoms with Crippen LogP contribution in [-0.2, 0) is 0 Å². The molecule has 0 aromatic heterocycles. The first-order chi connectivity index (χ1) is 10.1. The zero-order chi connectivity index (χ0) is 14.8. The second-order valence-corrected chi connectivity index (χ2v) is 4.63. The molecule has 0 atom stereocenters. The third-order valence-corrected chi connectivity index (χ3v) is 3.25. The SMILES string of the molecule is O=C1/C(=C\c2ccc([N+](=O)[O-])cc2)COc2ccccc21. The Bertz CT molecular complexity index is 747. The molecule has 0 unspecified atom stereocenters. The minimum Gasteiger partial charge on any atom is -0.488 e. The number of nitro groups is 1. The molecule has 0 radical (unpaired) electrons. The van der Waals surface area contributed by atoms with Gasteiger partial charge in [-0.3, -0.25) is 14.9 Å². The van der Waals surface area contributed by atoms with Gasteiger partial charge >= 0.3 is 0 Å². The first-order valence-corrected chi connectivity index (χ1v) is 6.37. The standard InChI is InChI=1S/C16H11NO4/c18-16-12(10-21-15-4-2-1-3-14(15)16)9-11-5-7-13(8-6-11)17(19)20/h1-9H,10H2/b12-9-. The topological polar surface area (TPSA) is 69.4 Å². The van der Waals surface area contributed by atoms with E-state index in [1.165, 1.54) is 12.1 Å². The summed E-state index contributed by atoms with van der Waals surface area (Å²) in [7, 11) is 0. The van der Waals surface area contributed by atoms with Gasteiger partial charge in [0.1, 0.15) is 12.4 Å². The van der Waals surface area contributed by atoms with E-state index in [0.717, 1.165) is 5.56 Å². The van der Waals surface area contributed by atoms with Crippen LogP contribution in [0.15, 0.2) is 54.1 Å². The Hall–Kier alpha value is -2.95. The molecule has 3 rings (SSSR count). The molecule has 2 aromatic carbocycles. The molecule has 0 bridgehead atoms. The molecule has 1 heterocycles. The van der Waals surface area contributed by atoms with Gasteiger partial charge in [-0.2, -0.15) is 0 Å². The number of carbonyl (C=O) groups excluding carboxylic acids is 1. The molecule has 21 heavy (non-hydrogen) atoms. The number of para-hydroxylation sites is 1. The molecule has 2 aromatic rings. The van der Waals surface area contributed by atoms with Crippen molar-refractivity contribution in [3.8, 4) is 5.75 Å². The Labute approximate surface area is 120 Å². The van der Waals surface area contributed by atoms with E-state index in [0.29, 0.717) is 16.9 Å². The number of nitrogens with zero attached hydrogens (tertiary/aromatic N) is 1. The number of nitro benzene ring substituents is 1. The fourth-order valence-corrected chi connectivity index (χ4v) is 2.17. The van der Waals surface area contributed by atoms with Crippen LogP contribution in [0.25, 0.3) is 6.08 Å². The fourth-order valence-electron chi connectivity index (χ4n) is 2.17. The summed E-state index contributed by atoms with van der Waals surface area (Å²) in [6, 6.07) is 13.1. The summed E-state index contributed by atoms with van der Waals surface area (Å²) >= 11 is 0. The molecule has 104 valence electrons. The number of carbonyl (C=O) groups is 1. The van der Waals surface area contributed by atoms with Gasteiger partial charge in [0, 0.05) is 17.7 Å². The van der Waals surface area contributed by atoms with Crippen molar-refractivity contribution < 1.29 is 14.5 Å². The van der Waals surface area contributed by atoms with Crippen molar-refractivity contribution in [2.75, 3.05) is 6.61 Å². The molecular weight excluding hydrogens is 270 g/mol. The first-order valence-electron chi connectivity index (χ1n) is 6.37. The van der Waals surface area contributed by atoms with Crippen LogP contribution >= 0.6 is 0 Å². The predicted molar refractivity (Wildman–Crippen MR) is 77.3 cm³/mol. The Morgan fingerprint density at radius 3 is 2.52 bits per heavy atom. The van der Waals surface area contributed by atoms with Crippen LogP contribution in [-0.4, -0.2) is 17.3 Å². The molecule has 5 nitrogen and oxygen atoms in total. The molecule has 1 aliphatic heterocycles. The van der Waals surface area contributed by atoms with Gasteiger partial charge in [0.15, 0.2) is 5.78 Å². The number of rotatable bonds is 2. The molecule has 1 aliphatic rings. The number of non-ortho nitro benzene ring substituents is 1. The number of ether oxygens (including phenoxy) is 1. The van der Waals surface area contributed by atoms with Gasteiger partial charge in [0.25, 0.3) is 5.69 Å². The molecule has 0 N–H and O–H groups in total. The van der Waals surface area contributed by atoms with Gasteiger partial charge < -0.3 is 4.74 Å². The highest BCUT2D eigenvalue weighted by Crippen LogP contribution is 2.27. The Kier molecular flexibility index (Phi) is 3.23. The maximum atomic E-state index is 12.3. The van der Waals surface area contributed by atoms with Gasteiger partial charge in [-0.15, -0.1) is 0 Å². The van der Waals surface area contributed by atoms with Crippen molar-refractivity contribution in [1.82, 2.24) is 0 Å². The highest BCUT2D eigenvalue weighted by Gasteiger charge is 2.22. The average molecular weight is 281 g/mol. The summed E-state index contributed by atoms with van der Waals surface area (Å²) in [5.74, 6) is 0.513. The van der Waals surface area contributed by atoms with E-state index in [1.54, 1.807) is 36.4 Å². The van der Waals surface area contributed by atoms with E-state index in [4.69, 9.17) is 4.74 Å². The Balaban J connectivity index is 1.91. The molecular formula is C16H11NO4. The summed E-state index contributed by atoms with van der Waals surface area (Å²) in [6.07, 6.45) is 1.70.